The van der Waals surface area contributed by atoms with E-state index in [1.54, 1.807) is 48.5 Å². The van der Waals surface area contributed by atoms with E-state index >= 15 is 0 Å². The van der Waals surface area contributed by atoms with E-state index in [1.165, 1.54) is 0 Å². The van der Waals surface area contributed by atoms with Gasteiger partial charge in [0.05, 0.1) is 17.7 Å². The zero-order valence-electron chi connectivity index (χ0n) is 19.0. The molecule has 34 heavy (non-hydrogen) atoms. The molecule has 1 amide bonds. The summed E-state index contributed by atoms with van der Waals surface area (Å²) in [6.07, 6.45) is 1.16. The molecule has 0 radical (unpaired) electrons. The summed E-state index contributed by atoms with van der Waals surface area (Å²) in [5.41, 5.74) is 2.45. The van der Waals surface area contributed by atoms with Crippen LogP contribution < -0.4 is 0 Å². The molecule has 11 heteroatoms. The Labute approximate surface area is 197 Å². The maximum Gasteiger partial charge on any atom is 0.359 e. The highest BCUT2D eigenvalue weighted by molar-refractivity contribution is 7.57. The molecule has 0 bridgehead atoms. The molecule has 0 heterocycles. The number of ether oxygens (including phenoxy) is 2. The molecule has 2 rings (SSSR count). The number of hydrogen-bond donors (Lipinski definition) is 1. The third-order valence-corrected chi connectivity index (χ3v) is 5.86. The lowest BCUT2D eigenvalue weighted by Crippen LogP contribution is -2.24. The van der Waals surface area contributed by atoms with Crippen molar-refractivity contribution in [3.63, 3.8) is 0 Å². The lowest BCUT2D eigenvalue weighted by molar-refractivity contribution is -0.160. The molecule has 2 aromatic carbocycles. The molecule has 0 saturated carbocycles. The van der Waals surface area contributed by atoms with Crippen LogP contribution in [0.4, 0.5) is 0 Å². The van der Waals surface area contributed by atoms with Crippen LogP contribution in [0.2, 0.25) is 0 Å². The summed E-state index contributed by atoms with van der Waals surface area (Å²) < 4.78 is 33.2. The van der Waals surface area contributed by atoms with Gasteiger partial charge in [-0.3, -0.25) is 23.6 Å². The molecule has 1 N–H and O–H groups in total. The van der Waals surface area contributed by atoms with E-state index in [0.717, 1.165) is 29.9 Å². The molecule has 10 nitrogen and oxygen atoms in total. The Kier molecular flexibility index (Phi) is 10.2. The Hall–Kier alpha value is -3.30. The molecule has 0 saturated heterocycles. The van der Waals surface area contributed by atoms with Gasteiger partial charge in [-0.05, 0) is 38.1 Å². The van der Waals surface area contributed by atoms with Crippen LogP contribution in [0.5, 0.6) is 0 Å². The lowest BCUT2D eigenvalue weighted by Gasteiger charge is -2.16. The number of benzene rings is 2. The van der Waals surface area contributed by atoms with Gasteiger partial charge in [0.2, 0.25) is 19.5 Å². The van der Waals surface area contributed by atoms with Crippen LogP contribution >= 0.6 is 7.60 Å². The van der Waals surface area contributed by atoms with Crippen molar-refractivity contribution in [3.05, 3.63) is 82.7 Å². The Morgan fingerprint density at radius 1 is 0.853 bits per heavy atom. The highest BCUT2D eigenvalue weighted by Crippen LogP contribution is 2.49. The number of amides is 1. The standard InChI is InChI=1S/C23H26NO9P/c1-17-5-9-20(10-6-17)22(26)30-15-32-34(29,14-4-13-24(28)19(3)25)33-16-31-23(27)21-11-7-18(2)8-12-21/h4-12,14,28H,13,15-16H2,1-3H3/b14-4+. The number of carbonyl (C=O) groups excluding carboxylic acids is 3. The van der Waals surface area contributed by atoms with Gasteiger partial charge in [0, 0.05) is 12.7 Å². The molecule has 182 valence electrons. The van der Waals surface area contributed by atoms with Crippen LogP contribution in [0.25, 0.3) is 0 Å². The molecule has 0 spiro atoms. The first-order valence-electron chi connectivity index (χ1n) is 10.1. The fourth-order valence-electron chi connectivity index (χ4n) is 2.38. The summed E-state index contributed by atoms with van der Waals surface area (Å²) in [6.45, 7) is 3.10. The number of nitrogens with zero attached hydrogens (tertiary/aromatic N) is 1. The molecular formula is C23H26NO9P. The Morgan fingerprint density at radius 3 is 1.65 bits per heavy atom. The highest BCUT2D eigenvalue weighted by atomic mass is 31.2. The molecule has 0 aliphatic carbocycles. The van der Waals surface area contributed by atoms with Gasteiger partial charge >= 0.3 is 19.5 Å². The summed E-state index contributed by atoms with van der Waals surface area (Å²) in [4.78, 5) is 35.3. The predicted octanol–water partition coefficient (Wildman–Crippen LogP) is 4.21. The minimum atomic E-state index is -4.10. The minimum Gasteiger partial charge on any atom is -0.434 e. The summed E-state index contributed by atoms with van der Waals surface area (Å²) >= 11 is 0. The largest absolute Gasteiger partial charge is 0.434 e. The van der Waals surface area contributed by atoms with Crippen LogP contribution in [0.15, 0.2) is 60.4 Å². The molecule has 0 atom stereocenters. The fraction of sp³-hybridized carbons (Fsp3) is 0.261. The lowest BCUT2D eigenvalue weighted by atomic mass is 10.2. The van der Waals surface area contributed by atoms with Crippen molar-refractivity contribution in [1.29, 1.82) is 0 Å². The van der Waals surface area contributed by atoms with Gasteiger partial charge in [0.15, 0.2) is 0 Å². The molecule has 0 unspecified atom stereocenters. The topological polar surface area (TPSA) is 129 Å². The van der Waals surface area contributed by atoms with E-state index in [9.17, 15) is 24.2 Å². The van der Waals surface area contributed by atoms with Crippen molar-refractivity contribution < 1.29 is 42.7 Å². The Balaban J connectivity index is 1.97. The van der Waals surface area contributed by atoms with E-state index in [2.05, 4.69) is 0 Å². The van der Waals surface area contributed by atoms with Crippen LogP contribution in [-0.2, 0) is 27.9 Å². The van der Waals surface area contributed by atoms with Crippen LogP contribution in [0, 0.1) is 13.8 Å². The zero-order valence-corrected chi connectivity index (χ0v) is 19.9. The van der Waals surface area contributed by atoms with Crippen molar-refractivity contribution in [2.75, 3.05) is 20.1 Å². The number of esters is 2. The van der Waals surface area contributed by atoms with E-state index in [0.29, 0.717) is 5.06 Å². The van der Waals surface area contributed by atoms with E-state index in [1.807, 2.05) is 13.8 Å². The van der Waals surface area contributed by atoms with Crippen LogP contribution in [-0.4, -0.2) is 48.2 Å². The second kappa shape index (κ2) is 12.8. The summed E-state index contributed by atoms with van der Waals surface area (Å²) in [6, 6.07) is 13.2. The van der Waals surface area contributed by atoms with Crippen molar-refractivity contribution >= 4 is 25.4 Å². The number of hydrogen-bond acceptors (Lipinski definition) is 9. The molecule has 2 aromatic rings. The van der Waals surface area contributed by atoms with Gasteiger partial charge in [0.1, 0.15) is 0 Å². The summed E-state index contributed by atoms with van der Waals surface area (Å²) in [7, 11) is -4.10. The molecule has 0 aliphatic heterocycles. The number of carbonyl (C=O) groups is 3. The smallest absolute Gasteiger partial charge is 0.359 e. The predicted molar refractivity (Wildman–Crippen MR) is 121 cm³/mol. The second-order valence-corrected chi connectivity index (χ2v) is 9.01. The zero-order chi connectivity index (χ0) is 25.1. The Morgan fingerprint density at radius 2 is 1.26 bits per heavy atom. The normalized spacial score (nSPS) is 11.3. The SMILES string of the molecule is CC(=O)N(O)C/C=C/P(=O)(OCOC(=O)c1ccc(C)cc1)OCOC(=O)c1ccc(C)cc1. The maximum atomic E-state index is 13.0. The fourth-order valence-corrected chi connectivity index (χ4v) is 3.38. The quantitative estimate of drug-likeness (QED) is 0.162. The summed E-state index contributed by atoms with van der Waals surface area (Å²) in [5, 5.41) is 9.81. The second-order valence-electron chi connectivity index (χ2n) is 7.12. The van der Waals surface area contributed by atoms with Crippen LogP contribution in [0.3, 0.4) is 0 Å². The van der Waals surface area contributed by atoms with Crippen molar-refractivity contribution in [2.24, 2.45) is 0 Å². The first-order chi connectivity index (χ1) is 16.1. The van der Waals surface area contributed by atoms with Gasteiger partial charge in [-0.1, -0.05) is 41.5 Å². The third-order valence-electron chi connectivity index (χ3n) is 4.35. The average Bonchev–Trinajstić information content (AvgIpc) is 2.79. The van der Waals surface area contributed by atoms with Gasteiger partial charge in [-0.15, -0.1) is 0 Å². The number of rotatable bonds is 11. The molecule has 0 aliphatic rings. The maximum absolute atomic E-state index is 13.0. The van der Waals surface area contributed by atoms with Gasteiger partial charge in [0.25, 0.3) is 0 Å². The molecule has 0 aromatic heterocycles. The van der Waals surface area contributed by atoms with Gasteiger partial charge in [-0.25, -0.2) is 14.7 Å². The molecule has 0 fully saturated rings. The number of hydroxylamine groups is 2. The van der Waals surface area contributed by atoms with E-state index < -0.39 is 39.0 Å². The summed E-state index contributed by atoms with van der Waals surface area (Å²) in [5.74, 6) is -1.10. The Bertz CT molecular complexity index is 997. The van der Waals surface area contributed by atoms with Gasteiger partial charge < -0.3 is 9.47 Å². The number of aryl methyl sites for hydroxylation is 2. The van der Waals surface area contributed by atoms with Crippen LogP contribution in [0.1, 0.15) is 38.8 Å². The molecular weight excluding hydrogens is 465 g/mol. The van der Waals surface area contributed by atoms with E-state index in [4.69, 9.17) is 18.5 Å². The minimum absolute atomic E-state index is 0.268. The third kappa shape index (κ3) is 8.92. The van der Waals surface area contributed by atoms with E-state index in [-0.39, 0.29) is 17.7 Å². The van der Waals surface area contributed by atoms with Crippen molar-refractivity contribution in [3.8, 4) is 0 Å². The van der Waals surface area contributed by atoms with Gasteiger partial charge in [-0.2, -0.15) is 0 Å². The first-order valence-corrected chi connectivity index (χ1v) is 11.7. The highest BCUT2D eigenvalue weighted by Gasteiger charge is 2.23. The first kappa shape index (κ1) is 26.9. The van der Waals surface area contributed by atoms with Crippen molar-refractivity contribution in [2.45, 2.75) is 20.8 Å². The monoisotopic (exact) mass is 491 g/mol. The average molecular weight is 491 g/mol. The van der Waals surface area contributed by atoms with Crippen molar-refractivity contribution in [1.82, 2.24) is 5.06 Å².